The summed E-state index contributed by atoms with van der Waals surface area (Å²) in [5.74, 6) is 1.58. The summed E-state index contributed by atoms with van der Waals surface area (Å²) in [4.78, 5) is 21.6. The number of ether oxygens (including phenoxy) is 2. The van der Waals surface area contributed by atoms with Crippen molar-refractivity contribution in [2.24, 2.45) is 0 Å². The summed E-state index contributed by atoms with van der Waals surface area (Å²) < 4.78 is 14.8. The first-order chi connectivity index (χ1) is 19.6. The van der Waals surface area contributed by atoms with Crippen LogP contribution in [-0.2, 0) is 13.1 Å². The molecule has 2 aromatic heterocycles. The summed E-state index contributed by atoms with van der Waals surface area (Å²) in [5.41, 5.74) is 4.68. The first-order valence-corrected chi connectivity index (χ1v) is 14.6. The van der Waals surface area contributed by atoms with Gasteiger partial charge < -0.3 is 14.0 Å². The minimum absolute atomic E-state index is 0.0109. The normalized spacial score (nSPS) is 13.7. The Labute approximate surface area is 238 Å². The van der Waals surface area contributed by atoms with Crippen molar-refractivity contribution in [3.05, 3.63) is 102 Å². The van der Waals surface area contributed by atoms with Crippen LogP contribution in [0.2, 0.25) is 0 Å². The smallest absolute Gasteiger partial charge is 0.195 e. The topological polar surface area (TPSA) is 56.6 Å². The molecule has 0 atom stereocenters. The first kappa shape index (κ1) is 26.3. The van der Waals surface area contributed by atoms with Gasteiger partial charge in [-0.05, 0) is 80.4 Å². The van der Waals surface area contributed by atoms with Crippen molar-refractivity contribution >= 4 is 27.2 Å². The number of fused-ring (bicyclic) bond motifs is 1. The number of methoxy groups -OCH3 is 1. The number of ketones is 1. The summed E-state index contributed by atoms with van der Waals surface area (Å²) in [7, 11) is 1.68. The van der Waals surface area contributed by atoms with Gasteiger partial charge in [-0.2, -0.15) is 0 Å². The molecule has 3 heterocycles. The molecule has 1 saturated heterocycles. The lowest BCUT2D eigenvalue weighted by atomic mass is 9.96. The van der Waals surface area contributed by atoms with Crippen molar-refractivity contribution < 1.29 is 14.3 Å². The molecule has 0 saturated carbocycles. The van der Waals surface area contributed by atoms with Crippen LogP contribution >= 0.6 is 11.3 Å². The molecule has 0 amide bonds. The van der Waals surface area contributed by atoms with E-state index in [4.69, 9.17) is 9.47 Å². The number of benzene rings is 3. The third kappa shape index (κ3) is 5.53. The number of aromatic nitrogens is 2. The van der Waals surface area contributed by atoms with Crippen LogP contribution in [0.5, 0.6) is 11.5 Å². The Morgan fingerprint density at radius 3 is 2.60 bits per heavy atom. The van der Waals surface area contributed by atoms with Gasteiger partial charge in [-0.25, -0.2) is 4.98 Å². The summed E-state index contributed by atoms with van der Waals surface area (Å²) >= 11 is 1.66. The van der Waals surface area contributed by atoms with E-state index < -0.39 is 0 Å². The molecule has 3 aromatic carbocycles. The first-order valence-electron chi connectivity index (χ1n) is 13.7. The highest BCUT2D eigenvalue weighted by Gasteiger charge is 2.23. The quantitative estimate of drug-likeness (QED) is 0.175. The molecule has 1 aliphatic heterocycles. The molecular weight excluding hydrogens is 518 g/mol. The maximum absolute atomic E-state index is 14.2. The van der Waals surface area contributed by atoms with Crippen LogP contribution in [0, 0.1) is 6.92 Å². The predicted octanol–water partition coefficient (Wildman–Crippen LogP) is 6.99. The molecule has 0 aliphatic carbocycles. The van der Waals surface area contributed by atoms with E-state index >= 15 is 0 Å². The second-order valence-corrected chi connectivity index (χ2v) is 11.4. The molecule has 0 bridgehead atoms. The number of likely N-dealkylation sites (tertiary alicyclic amines) is 1. The largest absolute Gasteiger partial charge is 0.496 e. The number of imidazole rings is 1. The fourth-order valence-electron chi connectivity index (χ4n) is 5.37. The van der Waals surface area contributed by atoms with Crippen molar-refractivity contribution in [1.82, 2.24) is 14.5 Å². The van der Waals surface area contributed by atoms with Crippen LogP contribution in [0.1, 0.15) is 39.9 Å². The van der Waals surface area contributed by atoms with E-state index in [2.05, 4.69) is 41.1 Å². The molecule has 6 nitrogen and oxygen atoms in total. The monoisotopic (exact) mass is 551 g/mol. The van der Waals surface area contributed by atoms with Gasteiger partial charge >= 0.3 is 0 Å². The SMILES string of the molecule is COc1cc(C(=O)c2c(-c3ccc(OCCn4ccnc4)cc3)sc3cc(C)ccc23)ccc1CN1CCCC1. The average molecular weight is 552 g/mol. The Kier molecular flexibility index (Phi) is 7.66. The second-order valence-electron chi connectivity index (χ2n) is 10.3. The lowest BCUT2D eigenvalue weighted by molar-refractivity contribution is 0.104. The fourth-order valence-corrected chi connectivity index (χ4v) is 6.67. The van der Waals surface area contributed by atoms with Crippen LogP contribution in [0.3, 0.4) is 0 Å². The molecule has 204 valence electrons. The summed E-state index contributed by atoms with van der Waals surface area (Å²) in [6, 6.07) is 20.3. The zero-order valence-electron chi connectivity index (χ0n) is 22.9. The van der Waals surface area contributed by atoms with Crippen LogP contribution in [0.15, 0.2) is 79.4 Å². The maximum Gasteiger partial charge on any atom is 0.195 e. The van der Waals surface area contributed by atoms with E-state index in [1.165, 1.54) is 18.4 Å². The van der Waals surface area contributed by atoms with Crippen molar-refractivity contribution in [3.8, 4) is 21.9 Å². The van der Waals surface area contributed by atoms with Gasteiger partial charge in [-0.3, -0.25) is 9.69 Å². The Balaban J connectivity index is 1.30. The molecule has 0 spiro atoms. The average Bonchev–Trinajstić information content (AvgIpc) is 3.75. The molecule has 1 aliphatic rings. The molecular formula is C33H33N3O3S. The van der Waals surface area contributed by atoms with Gasteiger partial charge in [0, 0.05) is 50.6 Å². The van der Waals surface area contributed by atoms with Gasteiger partial charge in [0.1, 0.15) is 18.1 Å². The number of nitrogens with zero attached hydrogens (tertiary/aromatic N) is 3. The van der Waals surface area contributed by atoms with Crippen LogP contribution in [-0.4, -0.2) is 47.0 Å². The summed E-state index contributed by atoms with van der Waals surface area (Å²) in [6.07, 6.45) is 7.95. The van der Waals surface area contributed by atoms with Crippen molar-refractivity contribution in [1.29, 1.82) is 0 Å². The highest BCUT2D eigenvalue weighted by molar-refractivity contribution is 7.22. The molecule has 1 fully saturated rings. The van der Waals surface area contributed by atoms with Gasteiger partial charge in [0.15, 0.2) is 5.78 Å². The van der Waals surface area contributed by atoms with Gasteiger partial charge in [-0.15, -0.1) is 11.3 Å². The molecule has 0 unspecified atom stereocenters. The lowest BCUT2D eigenvalue weighted by Crippen LogP contribution is -2.19. The Morgan fingerprint density at radius 1 is 1.02 bits per heavy atom. The van der Waals surface area contributed by atoms with Crippen molar-refractivity contribution in [2.75, 3.05) is 26.8 Å². The highest BCUT2D eigenvalue weighted by Crippen LogP contribution is 2.41. The predicted molar refractivity (Wildman–Crippen MR) is 161 cm³/mol. The third-order valence-electron chi connectivity index (χ3n) is 7.51. The molecule has 5 aromatic rings. The van der Waals surface area contributed by atoms with Gasteiger partial charge in [-0.1, -0.05) is 24.3 Å². The highest BCUT2D eigenvalue weighted by atomic mass is 32.1. The summed E-state index contributed by atoms with van der Waals surface area (Å²) in [6.45, 7) is 6.44. The van der Waals surface area contributed by atoms with Crippen LogP contribution in [0.25, 0.3) is 20.5 Å². The number of thiophene rings is 1. The third-order valence-corrected chi connectivity index (χ3v) is 8.71. The van der Waals surface area contributed by atoms with E-state index in [-0.39, 0.29) is 5.78 Å². The number of aryl methyl sites for hydroxylation is 1. The second kappa shape index (κ2) is 11.7. The van der Waals surface area contributed by atoms with E-state index in [1.54, 1.807) is 31.0 Å². The molecule has 6 rings (SSSR count). The van der Waals surface area contributed by atoms with Crippen LogP contribution < -0.4 is 9.47 Å². The molecule has 7 heteroatoms. The molecule has 40 heavy (non-hydrogen) atoms. The maximum atomic E-state index is 14.2. The zero-order chi connectivity index (χ0) is 27.5. The number of hydrogen-bond donors (Lipinski definition) is 0. The van der Waals surface area contributed by atoms with Crippen LogP contribution in [0.4, 0.5) is 0 Å². The van der Waals surface area contributed by atoms with Gasteiger partial charge in [0.2, 0.25) is 0 Å². The minimum Gasteiger partial charge on any atom is -0.496 e. The number of carbonyl (C=O) groups is 1. The lowest BCUT2D eigenvalue weighted by Gasteiger charge is -2.17. The van der Waals surface area contributed by atoms with E-state index in [0.717, 1.165) is 69.3 Å². The van der Waals surface area contributed by atoms with Crippen molar-refractivity contribution in [2.45, 2.75) is 32.9 Å². The Bertz CT molecular complexity index is 1620. The Hall–Kier alpha value is -3.94. The standard InChI is InChI=1S/C33H33N3O3S/c1-23-5-12-28-30(19-23)40-33(24-8-10-27(11-9-24)39-18-17-36-16-13-34-22-36)31(28)32(37)25-6-7-26(29(20-25)38-2)21-35-14-3-4-15-35/h5-13,16,19-20,22H,3-4,14-15,17-18,21H2,1-2H3. The van der Waals surface area contributed by atoms with Gasteiger partial charge in [0.25, 0.3) is 0 Å². The summed E-state index contributed by atoms with van der Waals surface area (Å²) in [5, 5.41) is 0.983. The molecule has 0 radical (unpaired) electrons. The van der Waals surface area contributed by atoms with Gasteiger partial charge in [0.05, 0.1) is 20.0 Å². The number of hydrogen-bond acceptors (Lipinski definition) is 6. The molecule has 0 N–H and O–H groups in total. The fraction of sp³-hybridized carbons (Fsp3) is 0.273. The van der Waals surface area contributed by atoms with Crippen molar-refractivity contribution in [3.63, 3.8) is 0 Å². The number of rotatable bonds is 10. The Morgan fingerprint density at radius 2 is 1.85 bits per heavy atom. The van der Waals surface area contributed by atoms with E-state index in [9.17, 15) is 4.79 Å². The zero-order valence-corrected chi connectivity index (χ0v) is 23.7. The van der Waals surface area contributed by atoms with E-state index in [0.29, 0.717) is 12.2 Å². The minimum atomic E-state index is 0.0109. The van der Waals surface area contributed by atoms with E-state index in [1.807, 2.05) is 47.2 Å². The number of carbonyl (C=O) groups excluding carboxylic acids is 1.